The number of rotatable bonds is 8. The summed E-state index contributed by atoms with van der Waals surface area (Å²) in [6, 6.07) is 6.78. The number of piperidine rings is 1. The number of aliphatic imine (C=N–C) groups is 1. The molecule has 220 valence electrons. The quantitative estimate of drug-likeness (QED) is 0.373. The summed E-state index contributed by atoms with van der Waals surface area (Å²) in [5.41, 5.74) is 6.68. The molecule has 3 aliphatic rings. The second-order valence-corrected chi connectivity index (χ2v) is 13.1. The fourth-order valence-electron chi connectivity index (χ4n) is 5.83. The molecular weight excluding hydrogens is 534 g/mol. The number of sulfonamides is 1. The molecule has 0 spiro atoms. The van der Waals surface area contributed by atoms with Crippen LogP contribution in [0.15, 0.2) is 40.4 Å². The normalized spacial score (nSPS) is 24.6. The van der Waals surface area contributed by atoms with Crippen LogP contribution in [0.4, 0.5) is 11.5 Å². The van der Waals surface area contributed by atoms with E-state index in [4.69, 9.17) is 24.9 Å². The molecule has 0 amide bonds. The Morgan fingerprint density at radius 2 is 1.98 bits per heavy atom. The van der Waals surface area contributed by atoms with E-state index >= 15 is 0 Å². The third-order valence-corrected chi connectivity index (χ3v) is 10.0. The van der Waals surface area contributed by atoms with Crippen molar-refractivity contribution in [1.82, 2.24) is 14.2 Å². The van der Waals surface area contributed by atoms with E-state index in [1.165, 1.54) is 7.11 Å². The number of nitrogens with zero attached hydrogens (tertiary/aromatic N) is 3. The minimum absolute atomic E-state index is 0.171. The number of aromatic nitrogens is 1. The first-order chi connectivity index (χ1) is 19.1. The van der Waals surface area contributed by atoms with Crippen LogP contribution in [-0.2, 0) is 25.2 Å². The van der Waals surface area contributed by atoms with Crippen LogP contribution >= 0.6 is 0 Å². The number of fused-ring (bicyclic) bond motifs is 1. The summed E-state index contributed by atoms with van der Waals surface area (Å²) < 4.78 is 46.0. The van der Waals surface area contributed by atoms with Gasteiger partial charge in [0.1, 0.15) is 17.2 Å². The summed E-state index contributed by atoms with van der Waals surface area (Å²) in [5.74, 6) is 1.50. The molecule has 0 bridgehead atoms. The standard InChI is InChI=1S/C27H41N7O5S/c1-26(2,18-37-3)27(28)20-10-11-29-24(20)31-25(32-27)30-21-9-8-19(17-22(21)38-4)40(35,36)34-12-6-5-7-23(34)33-13-15-39-16-14-33/h8-11,17,23,29H,5-7,12-16,18,28H2,1-4H3,(H2,30,31,32). The second kappa shape index (κ2) is 11.3. The van der Waals surface area contributed by atoms with Crippen LogP contribution in [0.2, 0.25) is 0 Å². The first-order valence-electron chi connectivity index (χ1n) is 13.7. The zero-order valence-corrected chi connectivity index (χ0v) is 24.5. The molecule has 2 aromatic rings. The van der Waals surface area contributed by atoms with E-state index in [-0.39, 0.29) is 11.1 Å². The number of hydrogen-bond donors (Lipinski definition) is 4. The number of hydrogen-bond acceptors (Lipinski definition) is 10. The van der Waals surface area contributed by atoms with Crippen LogP contribution in [0, 0.1) is 5.41 Å². The Morgan fingerprint density at radius 1 is 1.20 bits per heavy atom. The molecule has 1 aromatic heterocycles. The maximum absolute atomic E-state index is 13.9. The van der Waals surface area contributed by atoms with Crippen molar-refractivity contribution >= 4 is 27.5 Å². The molecule has 0 saturated carbocycles. The van der Waals surface area contributed by atoms with Crippen molar-refractivity contribution in [2.45, 2.75) is 49.8 Å². The van der Waals surface area contributed by atoms with Crippen LogP contribution in [0.5, 0.6) is 5.75 Å². The molecule has 3 aliphatic heterocycles. The highest BCUT2D eigenvalue weighted by atomic mass is 32.2. The molecule has 40 heavy (non-hydrogen) atoms. The summed E-state index contributed by atoms with van der Waals surface area (Å²) >= 11 is 0. The first-order valence-corrected chi connectivity index (χ1v) is 15.2. The van der Waals surface area contributed by atoms with Gasteiger partial charge < -0.3 is 35.6 Å². The minimum atomic E-state index is -3.76. The fraction of sp³-hybridized carbons (Fsp3) is 0.593. The van der Waals surface area contributed by atoms with Gasteiger partial charge in [0.05, 0.1) is 43.7 Å². The molecule has 13 heteroatoms. The summed E-state index contributed by atoms with van der Waals surface area (Å²) in [6.07, 6.45) is 4.29. The maximum Gasteiger partial charge on any atom is 0.244 e. The molecule has 2 fully saturated rings. The molecule has 2 saturated heterocycles. The van der Waals surface area contributed by atoms with Crippen LogP contribution in [0.3, 0.4) is 0 Å². The second-order valence-electron chi connectivity index (χ2n) is 11.2. The van der Waals surface area contributed by atoms with Gasteiger partial charge in [-0.3, -0.25) is 4.90 Å². The number of methoxy groups -OCH3 is 2. The predicted octanol–water partition coefficient (Wildman–Crippen LogP) is 2.53. The topological polar surface area (TPSA) is 147 Å². The van der Waals surface area contributed by atoms with Crippen molar-refractivity contribution in [1.29, 1.82) is 0 Å². The highest BCUT2D eigenvalue weighted by molar-refractivity contribution is 7.89. The van der Waals surface area contributed by atoms with Gasteiger partial charge in [-0.05, 0) is 37.5 Å². The largest absolute Gasteiger partial charge is 0.495 e. The number of H-pyrrole nitrogens is 1. The molecule has 12 nitrogen and oxygen atoms in total. The van der Waals surface area contributed by atoms with Gasteiger partial charge in [0.2, 0.25) is 16.0 Å². The first kappa shape index (κ1) is 28.8. The molecule has 1 aromatic carbocycles. The van der Waals surface area contributed by atoms with Crippen LogP contribution in [0.25, 0.3) is 0 Å². The lowest BCUT2D eigenvalue weighted by Gasteiger charge is -2.43. The van der Waals surface area contributed by atoms with Crippen LogP contribution in [0.1, 0.15) is 38.7 Å². The number of benzene rings is 1. The summed E-state index contributed by atoms with van der Waals surface area (Å²) in [7, 11) is -0.606. The molecular formula is C27H41N7O5S. The average Bonchev–Trinajstić information content (AvgIpc) is 3.43. The number of nitrogens with two attached hydrogens (primary N) is 1. The Balaban J connectivity index is 1.43. The maximum atomic E-state index is 13.9. The lowest BCUT2D eigenvalue weighted by Crippen LogP contribution is -2.55. The zero-order chi connectivity index (χ0) is 28.5. The number of morpholine rings is 1. The van der Waals surface area contributed by atoms with Crippen LogP contribution < -0.4 is 21.1 Å². The highest BCUT2D eigenvalue weighted by Gasteiger charge is 2.48. The Bertz CT molecular complexity index is 1340. The van der Waals surface area contributed by atoms with Gasteiger partial charge in [-0.2, -0.15) is 4.31 Å². The van der Waals surface area contributed by atoms with E-state index in [2.05, 4.69) is 20.5 Å². The smallest absolute Gasteiger partial charge is 0.244 e. The number of guanidine groups is 1. The Labute approximate surface area is 236 Å². The minimum Gasteiger partial charge on any atom is -0.495 e. The van der Waals surface area contributed by atoms with Gasteiger partial charge in [-0.15, -0.1) is 0 Å². The molecule has 2 unspecified atom stereocenters. The van der Waals surface area contributed by atoms with Gasteiger partial charge in [0, 0.05) is 50.0 Å². The van der Waals surface area contributed by atoms with Gasteiger partial charge >= 0.3 is 0 Å². The van der Waals surface area contributed by atoms with Gasteiger partial charge in [0.15, 0.2) is 0 Å². The average molecular weight is 576 g/mol. The number of aromatic amines is 1. The molecule has 2 atom stereocenters. The fourth-order valence-corrected chi connectivity index (χ4v) is 7.52. The van der Waals surface area contributed by atoms with E-state index in [0.717, 1.165) is 43.7 Å². The number of anilines is 2. The van der Waals surface area contributed by atoms with Crippen molar-refractivity contribution < 1.29 is 22.6 Å². The monoisotopic (exact) mass is 575 g/mol. The molecule has 0 aliphatic carbocycles. The highest BCUT2D eigenvalue weighted by Crippen LogP contribution is 2.44. The number of ether oxygens (including phenoxy) is 3. The van der Waals surface area contributed by atoms with Crippen molar-refractivity contribution in [3.63, 3.8) is 0 Å². The molecule has 4 heterocycles. The Hall–Kier alpha value is -2.68. The number of nitrogens with one attached hydrogen (secondary N) is 3. The third-order valence-electron chi connectivity index (χ3n) is 8.15. The summed E-state index contributed by atoms with van der Waals surface area (Å²) in [4.78, 5) is 10.5. The van der Waals surface area contributed by atoms with E-state index in [0.29, 0.717) is 43.8 Å². The lowest BCUT2D eigenvalue weighted by molar-refractivity contribution is -0.0215. The Morgan fingerprint density at radius 3 is 2.70 bits per heavy atom. The van der Waals surface area contributed by atoms with Gasteiger partial charge in [0.25, 0.3) is 0 Å². The van der Waals surface area contributed by atoms with E-state index in [1.807, 2.05) is 26.1 Å². The SMILES string of the molecule is COCC(C)(C)C1(N)N=C(Nc2ccc(S(=O)(=O)N3CCCCC3N3CCOCC3)cc2OC)Nc2[nH]ccc21. The third kappa shape index (κ3) is 5.21. The lowest BCUT2D eigenvalue weighted by atomic mass is 9.75. The van der Waals surface area contributed by atoms with Crippen molar-refractivity contribution in [2.24, 2.45) is 16.1 Å². The summed E-state index contributed by atoms with van der Waals surface area (Å²) in [6.45, 7) is 7.58. The summed E-state index contributed by atoms with van der Waals surface area (Å²) in [5, 5.41) is 6.51. The predicted molar refractivity (Wildman–Crippen MR) is 154 cm³/mol. The van der Waals surface area contributed by atoms with Gasteiger partial charge in [-0.25, -0.2) is 13.4 Å². The van der Waals surface area contributed by atoms with Gasteiger partial charge in [-0.1, -0.05) is 13.8 Å². The van der Waals surface area contributed by atoms with E-state index in [9.17, 15) is 8.42 Å². The molecule has 0 radical (unpaired) electrons. The zero-order valence-electron chi connectivity index (χ0n) is 23.7. The van der Waals surface area contributed by atoms with Crippen LogP contribution in [-0.4, -0.2) is 88.4 Å². The van der Waals surface area contributed by atoms with E-state index in [1.54, 1.807) is 29.6 Å². The molecule has 5 rings (SSSR count). The Kier molecular flexibility index (Phi) is 8.15. The van der Waals surface area contributed by atoms with Crippen molar-refractivity contribution in [3.8, 4) is 5.75 Å². The van der Waals surface area contributed by atoms with Crippen molar-refractivity contribution in [3.05, 3.63) is 36.0 Å². The molecule has 5 N–H and O–H groups in total. The van der Waals surface area contributed by atoms with E-state index < -0.39 is 21.1 Å². The van der Waals surface area contributed by atoms with Crippen molar-refractivity contribution in [2.75, 3.05) is 64.3 Å².